The number of amides is 2. The molecule has 0 saturated carbocycles. The van der Waals surface area contributed by atoms with E-state index in [1.54, 1.807) is 0 Å². The lowest BCUT2D eigenvalue weighted by Gasteiger charge is -2.24. The molecular weight excluding hydrogens is 280 g/mol. The average molecular weight is 298 g/mol. The van der Waals surface area contributed by atoms with Crippen molar-refractivity contribution in [3.05, 3.63) is 22.4 Å². The van der Waals surface area contributed by atoms with E-state index in [0.717, 1.165) is 4.88 Å². The maximum absolute atomic E-state index is 12.1. The summed E-state index contributed by atoms with van der Waals surface area (Å²) in [4.78, 5) is 36.2. The third-order valence-electron chi connectivity index (χ3n) is 2.97. The van der Waals surface area contributed by atoms with E-state index in [4.69, 9.17) is 5.11 Å². The first-order valence-corrected chi connectivity index (χ1v) is 6.99. The predicted molar refractivity (Wildman–Crippen MR) is 75.4 cm³/mol. The van der Waals surface area contributed by atoms with Gasteiger partial charge in [-0.2, -0.15) is 0 Å². The van der Waals surface area contributed by atoms with Crippen molar-refractivity contribution in [3.8, 4) is 0 Å². The number of carboxylic acid groups (broad SMARTS) is 1. The van der Waals surface area contributed by atoms with Crippen molar-refractivity contribution in [3.63, 3.8) is 0 Å². The number of nitrogens with one attached hydrogen (secondary N) is 1. The van der Waals surface area contributed by atoms with Crippen molar-refractivity contribution < 1.29 is 19.5 Å². The highest BCUT2D eigenvalue weighted by molar-refractivity contribution is 7.10. The fourth-order valence-electron chi connectivity index (χ4n) is 1.66. The summed E-state index contributed by atoms with van der Waals surface area (Å²) in [6, 6.07) is 2.34. The minimum absolute atomic E-state index is 0.0359. The number of hydrogen-bond acceptors (Lipinski definition) is 4. The third kappa shape index (κ3) is 4.34. The Labute approximate surface area is 121 Å². The molecule has 0 aliphatic carbocycles. The van der Waals surface area contributed by atoms with Gasteiger partial charge in [-0.15, -0.1) is 11.3 Å². The standard InChI is InChI=1S/C13H18N2O4S/c1-8(13(18)19)15(3)12(17)7-10(14-9(2)16)11-5-4-6-20-11/h4-6,8,10H,7H2,1-3H3,(H,14,16)(H,18,19). The SMILES string of the molecule is CC(=O)NC(CC(=O)N(C)C(C)C(=O)O)c1cccs1. The third-order valence-corrected chi connectivity index (χ3v) is 3.96. The molecule has 0 aromatic carbocycles. The van der Waals surface area contributed by atoms with E-state index >= 15 is 0 Å². The number of hydrogen-bond donors (Lipinski definition) is 2. The van der Waals surface area contributed by atoms with Crippen molar-refractivity contribution in [1.29, 1.82) is 0 Å². The van der Waals surface area contributed by atoms with Crippen LogP contribution in [0.3, 0.4) is 0 Å². The maximum Gasteiger partial charge on any atom is 0.326 e. The molecule has 6 nitrogen and oxygen atoms in total. The molecule has 0 radical (unpaired) electrons. The normalized spacial score (nSPS) is 13.3. The molecule has 1 aromatic heterocycles. The fourth-order valence-corrected chi connectivity index (χ4v) is 2.44. The summed E-state index contributed by atoms with van der Waals surface area (Å²) < 4.78 is 0. The number of nitrogens with zero attached hydrogens (tertiary/aromatic N) is 1. The number of aliphatic carboxylic acids is 1. The molecule has 0 spiro atoms. The molecule has 1 rings (SSSR count). The first kappa shape index (κ1) is 16.2. The summed E-state index contributed by atoms with van der Waals surface area (Å²) in [5, 5.41) is 13.5. The maximum atomic E-state index is 12.1. The molecule has 0 aliphatic rings. The van der Waals surface area contributed by atoms with Gasteiger partial charge in [-0.1, -0.05) is 6.07 Å². The van der Waals surface area contributed by atoms with Crippen LogP contribution < -0.4 is 5.32 Å². The van der Waals surface area contributed by atoms with E-state index in [2.05, 4.69) is 5.32 Å². The van der Waals surface area contributed by atoms with E-state index in [1.165, 1.54) is 37.1 Å². The van der Waals surface area contributed by atoms with Crippen LogP contribution in [0.2, 0.25) is 0 Å². The second-order valence-electron chi connectivity index (χ2n) is 4.49. The highest BCUT2D eigenvalue weighted by atomic mass is 32.1. The van der Waals surface area contributed by atoms with Crippen molar-refractivity contribution >= 4 is 29.1 Å². The van der Waals surface area contributed by atoms with Gasteiger partial charge < -0.3 is 15.3 Å². The molecule has 20 heavy (non-hydrogen) atoms. The molecule has 110 valence electrons. The van der Waals surface area contributed by atoms with Gasteiger partial charge in [0.1, 0.15) is 6.04 Å². The molecule has 0 aliphatic heterocycles. The van der Waals surface area contributed by atoms with Gasteiger partial charge in [-0.25, -0.2) is 4.79 Å². The Morgan fingerprint density at radius 1 is 1.45 bits per heavy atom. The van der Waals surface area contributed by atoms with Crippen LogP contribution in [-0.4, -0.2) is 40.9 Å². The number of carbonyl (C=O) groups is 3. The molecule has 0 saturated heterocycles. The summed E-state index contributed by atoms with van der Waals surface area (Å²) in [7, 11) is 1.44. The monoisotopic (exact) mass is 298 g/mol. The number of thiophene rings is 1. The van der Waals surface area contributed by atoms with Crippen molar-refractivity contribution in [2.24, 2.45) is 0 Å². The van der Waals surface area contributed by atoms with Gasteiger partial charge in [-0.05, 0) is 18.4 Å². The second-order valence-corrected chi connectivity index (χ2v) is 5.47. The molecule has 1 heterocycles. The van der Waals surface area contributed by atoms with Crippen LogP contribution in [0.25, 0.3) is 0 Å². The quantitative estimate of drug-likeness (QED) is 0.827. The Morgan fingerprint density at radius 2 is 2.10 bits per heavy atom. The molecule has 2 atom stereocenters. The van der Waals surface area contributed by atoms with Crippen LogP contribution in [0.4, 0.5) is 0 Å². The zero-order chi connectivity index (χ0) is 15.3. The minimum Gasteiger partial charge on any atom is -0.480 e. The molecule has 1 aromatic rings. The first-order chi connectivity index (χ1) is 9.32. The van der Waals surface area contributed by atoms with Crippen LogP contribution in [0, 0.1) is 0 Å². The summed E-state index contributed by atoms with van der Waals surface area (Å²) >= 11 is 1.44. The molecule has 2 N–H and O–H groups in total. The van der Waals surface area contributed by atoms with Gasteiger partial charge in [0.2, 0.25) is 11.8 Å². The largest absolute Gasteiger partial charge is 0.480 e. The lowest BCUT2D eigenvalue weighted by molar-refractivity contribution is -0.148. The van der Waals surface area contributed by atoms with Gasteiger partial charge in [0.25, 0.3) is 0 Å². The van der Waals surface area contributed by atoms with Gasteiger partial charge in [0.15, 0.2) is 0 Å². The molecule has 0 fully saturated rings. The Bertz CT molecular complexity index is 487. The summed E-state index contributed by atoms with van der Waals surface area (Å²) in [6.45, 7) is 2.83. The van der Waals surface area contributed by atoms with E-state index < -0.39 is 18.1 Å². The van der Waals surface area contributed by atoms with E-state index in [1.807, 2.05) is 17.5 Å². The summed E-state index contributed by atoms with van der Waals surface area (Å²) in [5.74, 6) is -1.62. The predicted octanol–water partition coefficient (Wildman–Crippen LogP) is 1.25. The Kier molecular flexibility index (Phi) is 5.69. The minimum atomic E-state index is -1.06. The Hall–Kier alpha value is -1.89. The summed E-state index contributed by atoms with van der Waals surface area (Å²) in [5.41, 5.74) is 0. The van der Waals surface area contributed by atoms with Gasteiger partial charge in [0, 0.05) is 18.8 Å². The Balaban J connectivity index is 2.77. The van der Waals surface area contributed by atoms with E-state index in [9.17, 15) is 14.4 Å². The molecule has 2 unspecified atom stereocenters. The van der Waals surface area contributed by atoms with Crippen LogP contribution in [-0.2, 0) is 14.4 Å². The van der Waals surface area contributed by atoms with Gasteiger partial charge in [0.05, 0.1) is 12.5 Å². The molecule has 0 bridgehead atoms. The smallest absolute Gasteiger partial charge is 0.326 e. The number of likely N-dealkylation sites (N-methyl/N-ethyl adjacent to an activating group) is 1. The van der Waals surface area contributed by atoms with Crippen LogP contribution in [0.15, 0.2) is 17.5 Å². The first-order valence-electron chi connectivity index (χ1n) is 6.12. The molecular formula is C13H18N2O4S. The van der Waals surface area contributed by atoms with E-state index in [-0.39, 0.29) is 18.2 Å². The van der Waals surface area contributed by atoms with E-state index in [0.29, 0.717) is 0 Å². The van der Waals surface area contributed by atoms with Crippen LogP contribution in [0.1, 0.15) is 31.2 Å². The average Bonchev–Trinajstić information content (AvgIpc) is 2.89. The lowest BCUT2D eigenvalue weighted by atomic mass is 10.1. The highest BCUT2D eigenvalue weighted by Crippen LogP contribution is 2.23. The lowest BCUT2D eigenvalue weighted by Crippen LogP contribution is -2.42. The van der Waals surface area contributed by atoms with Crippen molar-refractivity contribution in [2.45, 2.75) is 32.4 Å². The van der Waals surface area contributed by atoms with Crippen LogP contribution >= 0.6 is 11.3 Å². The second kappa shape index (κ2) is 7.04. The molecule has 2 amide bonds. The Morgan fingerprint density at radius 3 is 2.55 bits per heavy atom. The fraction of sp³-hybridized carbons (Fsp3) is 0.462. The van der Waals surface area contributed by atoms with Crippen molar-refractivity contribution in [1.82, 2.24) is 10.2 Å². The zero-order valence-corrected chi connectivity index (χ0v) is 12.4. The zero-order valence-electron chi connectivity index (χ0n) is 11.6. The number of rotatable bonds is 6. The number of carboxylic acids is 1. The van der Waals surface area contributed by atoms with Crippen molar-refractivity contribution in [2.75, 3.05) is 7.05 Å². The number of carbonyl (C=O) groups excluding carboxylic acids is 2. The topological polar surface area (TPSA) is 86.7 Å². The van der Waals surface area contributed by atoms with Gasteiger partial charge in [-0.3, -0.25) is 9.59 Å². The summed E-state index contributed by atoms with van der Waals surface area (Å²) in [6.07, 6.45) is 0.0359. The van der Waals surface area contributed by atoms with Crippen LogP contribution in [0.5, 0.6) is 0 Å². The highest BCUT2D eigenvalue weighted by Gasteiger charge is 2.25. The molecule has 7 heteroatoms. The van der Waals surface area contributed by atoms with Gasteiger partial charge >= 0.3 is 5.97 Å².